The predicted octanol–water partition coefficient (Wildman–Crippen LogP) is 3.38. The van der Waals surface area contributed by atoms with Gasteiger partial charge in [-0.3, -0.25) is 4.79 Å². The third kappa shape index (κ3) is 1.22. The summed E-state index contributed by atoms with van der Waals surface area (Å²) in [7, 11) is 0. The normalized spacial score (nSPS) is 38.8. The highest BCUT2D eigenvalue weighted by Gasteiger charge is 3.06. The molecule has 0 bridgehead atoms. The van der Waals surface area contributed by atoms with Crippen LogP contribution in [0, 0.1) is 0 Å². The summed E-state index contributed by atoms with van der Waals surface area (Å²) in [6, 6.07) is -4.56. The van der Waals surface area contributed by atoms with Crippen molar-refractivity contribution in [1.29, 1.82) is 0 Å². The molecule has 0 radical (unpaired) electrons. The first kappa shape index (κ1) is 16.9. The molecule has 2 unspecified atom stereocenters. The number of hydrogen-bond acceptors (Lipinski definition) is 1. The standard InChI is InChI=1S/C7F12O/c8-1(20)2(9)4(11,12)3(10,7(17,18)19)6(15,16)5(2,13)14. The van der Waals surface area contributed by atoms with Crippen molar-refractivity contribution in [3.8, 4) is 0 Å². The first-order chi connectivity index (χ1) is 8.44. The van der Waals surface area contributed by atoms with Crippen molar-refractivity contribution in [3.63, 3.8) is 0 Å². The van der Waals surface area contributed by atoms with Gasteiger partial charge in [-0.15, -0.1) is 0 Å². The van der Waals surface area contributed by atoms with Gasteiger partial charge < -0.3 is 0 Å². The van der Waals surface area contributed by atoms with Gasteiger partial charge in [-0.05, 0) is 0 Å². The Kier molecular flexibility index (Phi) is 2.98. The lowest BCUT2D eigenvalue weighted by Crippen LogP contribution is -2.64. The summed E-state index contributed by atoms with van der Waals surface area (Å²) in [5.41, 5.74) is -14.5. The Morgan fingerprint density at radius 1 is 0.700 bits per heavy atom. The monoisotopic (exact) mass is 328 g/mol. The van der Waals surface area contributed by atoms with Gasteiger partial charge in [-0.1, -0.05) is 0 Å². The number of rotatable bonds is 1. The van der Waals surface area contributed by atoms with Crippen LogP contribution in [0.4, 0.5) is 52.7 Å². The van der Waals surface area contributed by atoms with E-state index < -0.39 is 41.3 Å². The fraction of sp³-hybridized carbons (Fsp3) is 0.857. The van der Waals surface area contributed by atoms with Gasteiger partial charge in [0.1, 0.15) is 0 Å². The summed E-state index contributed by atoms with van der Waals surface area (Å²) in [6.07, 6.45) is -7.42. The average Bonchev–Trinajstić information content (AvgIpc) is 2.28. The van der Waals surface area contributed by atoms with Gasteiger partial charge >= 0.3 is 41.3 Å². The molecule has 1 rings (SSSR count). The summed E-state index contributed by atoms with van der Waals surface area (Å²) >= 11 is 0. The third-order valence-corrected chi connectivity index (χ3v) is 2.79. The van der Waals surface area contributed by atoms with E-state index in [1.54, 1.807) is 0 Å². The Balaban J connectivity index is 3.90. The number of carbonyl (C=O) groups is 1. The van der Waals surface area contributed by atoms with E-state index >= 15 is 0 Å². The van der Waals surface area contributed by atoms with Gasteiger partial charge in [-0.2, -0.15) is 43.9 Å². The maximum Gasteiger partial charge on any atom is 0.435 e. The first-order valence-corrected chi connectivity index (χ1v) is 4.22. The van der Waals surface area contributed by atoms with E-state index in [0.717, 1.165) is 0 Å². The molecular weight excluding hydrogens is 328 g/mol. The molecule has 20 heavy (non-hydrogen) atoms. The number of hydrogen-bond donors (Lipinski definition) is 0. The lowest BCUT2D eigenvalue weighted by molar-refractivity contribution is -0.358. The fourth-order valence-corrected chi connectivity index (χ4v) is 1.67. The molecule has 1 nitrogen and oxygen atoms in total. The number of alkyl halides is 11. The van der Waals surface area contributed by atoms with Crippen LogP contribution in [0.2, 0.25) is 0 Å². The molecule has 0 heterocycles. The van der Waals surface area contributed by atoms with Crippen LogP contribution in [0.1, 0.15) is 0 Å². The summed E-state index contributed by atoms with van der Waals surface area (Å²) in [5, 5.41) is 0. The van der Waals surface area contributed by atoms with Crippen LogP contribution in [-0.4, -0.2) is 41.3 Å². The molecule has 1 aliphatic rings. The Hall–Kier alpha value is -1.17. The molecular formula is C7F12O. The molecule has 0 aromatic carbocycles. The zero-order valence-corrected chi connectivity index (χ0v) is 8.44. The first-order valence-electron chi connectivity index (χ1n) is 4.22. The van der Waals surface area contributed by atoms with Crippen molar-refractivity contribution in [2.75, 3.05) is 0 Å². The van der Waals surface area contributed by atoms with Crippen LogP contribution in [0.5, 0.6) is 0 Å². The zero-order valence-electron chi connectivity index (χ0n) is 8.44. The van der Waals surface area contributed by atoms with Crippen molar-refractivity contribution >= 4 is 6.04 Å². The van der Waals surface area contributed by atoms with Crippen LogP contribution in [-0.2, 0) is 4.79 Å². The second kappa shape index (κ2) is 3.53. The molecule has 0 aromatic rings. The Bertz CT molecular complexity index is 451. The van der Waals surface area contributed by atoms with Crippen molar-refractivity contribution in [1.82, 2.24) is 0 Å². The molecule has 2 atom stereocenters. The lowest BCUT2D eigenvalue weighted by Gasteiger charge is -2.32. The predicted molar refractivity (Wildman–Crippen MR) is 34.7 cm³/mol. The van der Waals surface area contributed by atoms with Crippen molar-refractivity contribution in [2.24, 2.45) is 0 Å². The fourth-order valence-electron chi connectivity index (χ4n) is 1.67. The molecule has 1 aliphatic carbocycles. The number of carbonyl (C=O) groups excluding carboxylic acids is 1. The molecule has 0 aliphatic heterocycles. The van der Waals surface area contributed by atoms with E-state index in [1.807, 2.05) is 0 Å². The molecule has 0 amide bonds. The maximum absolute atomic E-state index is 13.1. The molecule has 118 valence electrons. The molecule has 1 saturated carbocycles. The van der Waals surface area contributed by atoms with Crippen LogP contribution in [0.15, 0.2) is 0 Å². The summed E-state index contributed by atoms with van der Waals surface area (Å²) in [6.45, 7) is 0. The van der Waals surface area contributed by atoms with E-state index in [4.69, 9.17) is 0 Å². The van der Waals surface area contributed by atoms with Gasteiger partial charge in [0.25, 0.3) is 0 Å². The van der Waals surface area contributed by atoms with Crippen LogP contribution in [0.3, 0.4) is 0 Å². The average molecular weight is 328 g/mol. The highest BCUT2D eigenvalue weighted by molar-refractivity contribution is 5.83. The summed E-state index contributed by atoms with van der Waals surface area (Å²) in [4.78, 5) is 9.83. The lowest BCUT2D eigenvalue weighted by atomic mass is 9.93. The summed E-state index contributed by atoms with van der Waals surface area (Å²) in [5.74, 6) is -22.1. The summed E-state index contributed by atoms with van der Waals surface area (Å²) < 4.78 is 151. The smallest absolute Gasteiger partial charge is 0.257 e. The van der Waals surface area contributed by atoms with Crippen LogP contribution in [0.25, 0.3) is 0 Å². The van der Waals surface area contributed by atoms with E-state index in [9.17, 15) is 57.5 Å². The van der Waals surface area contributed by atoms with Gasteiger partial charge in [0, 0.05) is 0 Å². The number of halogens is 12. The van der Waals surface area contributed by atoms with Crippen molar-refractivity contribution < 1.29 is 57.5 Å². The molecule has 0 saturated heterocycles. The highest BCUT2D eigenvalue weighted by atomic mass is 19.4. The van der Waals surface area contributed by atoms with Gasteiger partial charge in [-0.25, -0.2) is 8.78 Å². The van der Waals surface area contributed by atoms with Crippen molar-refractivity contribution in [2.45, 2.75) is 35.3 Å². The minimum Gasteiger partial charge on any atom is -0.257 e. The molecule has 1 fully saturated rings. The van der Waals surface area contributed by atoms with Gasteiger partial charge in [0.15, 0.2) is 0 Å². The minimum absolute atomic E-state index is 4.56. The Morgan fingerprint density at radius 3 is 1.20 bits per heavy atom. The zero-order chi connectivity index (χ0) is 16.6. The van der Waals surface area contributed by atoms with Crippen LogP contribution >= 0.6 is 0 Å². The second-order valence-corrected chi connectivity index (χ2v) is 3.81. The van der Waals surface area contributed by atoms with Gasteiger partial charge in [0.2, 0.25) is 0 Å². The SMILES string of the molecule is O=C(F)C1(F)C(F)(F)C(F)(F)C(F)(C(F)(F)F)C1(F)F. The Morgan fingerprint density at radius 2 is 1.05 bits per heavy atom. The van der Waals surface area contributed by atoms with Crippen molar-refractivity contribution in [3.05, 3.63) is 0 Å². The maximum atomic E-state index is 13.1. The molecule has 13 heteroatoms. The van der Waals surface area contributed by atoms with Crippen LogP contribution < -0.4 is 0 Å². The molecule has 0 aromatic heterocycles. The largest absolute Gasteiger partial charge is 0.435 e. The van der Waals surface area contributed by atoms with Gasteiger partial charge in [0.05, 0.1) is 0 Å². The Labute approximate surface area is 100 Å². The van der Waals surface area contributed by atoms with E-state index in [1.165, 1.54) is 0 Å². The van der Waals surface area contributed by atoms with E-state index in [0.29, 0.717) is 0 Å². The minimum atomic E-state index is -7.48. The quantitative estimate of drug-likeness (QED) is 0.533. The molecule has 0 spiro atoms. The van der Waals surface area contributed by atoms with E-state index in [2.05, 4.69) is 0 Å². The second-order valence-electron chi connectivity index (χ2n) is 3.81. The topological polar surface area (TPSA) is 17.1 Å². The third-order valence-electron chi connectivity index (χ3n) is 2.79. The highest BCUT2D eigenvalue weighted by Crippen LogP contribution is 2.72. The molecule has 0 N–H and O–H groups in total. The van der Waals surface area contributed by atoms with E-state index in [-0.39, 0.29) is 0 Å².